The minimum absolute atomic E-state index is 0.106. The number of hydrogen-bond donors (Lipinski definition) is 1. The van der Waals surface area contributed by atoms with Gasteiger partial charge in [0.1, 0.15) is 16.5 Å². The molecule has 1 heterocycles. The number of rotatable bonds is 7. The smallest absolute Gasteiger partial charge is 0.343 e. The molecule has 0 bridgehead atoms. The summed E-state index contributed by atoms with van der Waals surface area (Å²) in [4.78, 5) is 51.4. The Kier molecular flexibility index (Phi) is 7.64. The number of amides is 2. The summed E-state index contributed by atoms with van der Waals surface area (Å²) < 4.78 is 10.7. The van der Waals surface area contributed by atoms with Gasteiger partial charge in [-0.3, -0.25) is 9.59 Å². The number of hydrogen-bond acceptors (Lipinski definition) is 7. The summed E-state index contributed by atoms with van der Waals surface area (Å²) in [7, 11) is 0. The number of benzene rings is 3. The van der Waals surface area contributed by atoms with Crippen LogP contribution in [0.3, 0.4) is 0 Å². The van der Waals surface area contributed by atoms with Crippen LogP contribution in [0.5, 0.6) is 5.75 Å². The quantitative estimate of drug-likeness (QED) is 0.243. The average molecular weight is 533 g/mol. The summed E-state index contributed by atoms with van der Waals surface area (Å²) >= 11 is 6.21. The molecule has 3 aromatic carbocycles. The maximum Gasteiger partial charge on any atom is 0.343 e. The Morgan fingerprint density at radius 2 is 1.45 bits per heavy atom. The van der Waals surface area contributed by atoms with Crippen molar-refractivity contribution in [2.24, 2.45) is 0 Å². The molecule has 0 fully saturated rings. The zero-order valence-corrected chi connectivity index (χ0v) is 22.0. The maximum atomic E-state index is 13.1. The van der Waals surface area contributed by atoms with Crippen molar-refractivity contribution in [1.82, 2.24) is 0 Å². The highest BCUT2D eigenvalue weighted by molar-refractivity contribution is 6.53. The molecule has 0 saturated carbocycles. The summed E-state index contributed by atoms with van der Waals surface area (Å²) in [6, 6.07) is 17.7. The molecule has 1 aliphatic rings. The van der Waals surface area contributed by atoms with Crippen molar-refractivity contribution in [2.45, 2.75) is 33.8 Å². The topological polar surface area (TPSA) is 102 Å². The highest BCUT2D eigenvalue weighted by Gasteiger charge is 2.39. The van der Waals surface area contributed by atoms with Crippen LogP contribution in [-0.2, 0) is 14.3 Å². The van der Waals surface area contributed by atoms with E-state index in [0.717, 1.165) is 16.0 Å². The first kappa shape index (κ1) is 26.6. The molecule has 0 saturated heterocycles. The summed E-state index contributed by atoms with van der Waals surface area (Å²) in [5, 5.41) is 2.58. The third-order valence-corrected chi connectivity index (χ3v) is 6.02. The molecule has 0 aromatic heterocycles. The third kappa shape index (κ3) is 5.60. The average Bonchev–Trinajstić information content (AvgIpc) is 3.09. The van der Waals surface area contributed by atoms with E-state index in [1.807, 2.05) is 26.0 Å². The Hall–Kier alpha value is -4.43. The number of ether oxygens (including phenoxy) is 2. The first-order valence-corrected chi connectivity index (χ1v) is 12.2. The molecule has 0 aliphatic carbocycles. The third-order valence-electron chi connectivity index (χ3n) is 5.67. The lowest BCUT2D eigenvalue weighted by molar-refractivity contribution is -0.120. The van der Waals surface area contributed by atoms with Crippen molar-refractivity contribution in [3.05, 3.63) is 99.7 Å². The lowest BCUT2D eigenvalue weighted by Gasteiger charge is -2.16. The van der Waals surface area contributed by atoms with E-state index < -0.39 is 23.8 Å². The maximum absolute atomic E-state index is 13.1. The lowest BCUT2D eigenvalue weighted by Crippen LogP contribution is -2.32. The van der Waals surface area contributed by atoms with Gasteiger partial charge in [0.25, 0.3) is 11.8 Å². The number of anilines is 2. The van der Waals surface area contributed by atoms with Gasteiger partial charge in [0.15, 0.2) is 0 Å². The van der Waals surface area contributed by atoms with Gasteiger partial charge in [0.2, 0.25) is 0 Å². The number of halogens is 1. The SMILES string of the molecule is Cc1ccc(C)c(OC(=O)c2ccc(NC3=C(Cl)C(=O)N(c4ccc(C(=O)OC(C)C)cc4)C3=O)cc2)c1. The summed E-state index contributed by atoms with van der Waals surface area (Å²) in [6.45, 7) is 7.24. The van der Waals surface area contributed by atoms with E-state index >= 15 is 0 Å². The molecule has 0 atom stereocenters. The first-order valence-electron chi connectivity index (χ1n) is 11.8. The Morgan fingerprint density at radius 3 is 2.08 bits per heavy atom. The molecule has 0 spiro atoms. The number of aryl methyl sites for hydroxylation is 2. The van der Waals surface area contributed by atoms with Crippen molar-refractivity contribution in [3.8, 4) is 5.75 Å². The Morgan fingerprint density at radius 1 is 0.842 bits per heavy atom. The fraction of sp³-hybridized carbons (Fsp3) is 0.172. The molecule has 8 nitrogen and oxygen atoms in total. The van der Waals surface area contributed by atoms with Gasteiger partial charge < -0.3 is 14.8 Å². The number of nitrogens with one attached hydrogen (secondary N) is 1. The minimum Gasteiger partial charge on any atom is -0.459 e. The molecule has 3 aromatic rings. The molecule has 194 valence electrons. The van der Waals surface area contributed by atoms with Crippen molar-refractivity contribution < 1.29 is 28.7 Å². The number of esters is 2. The van der Waals surface area contributed by atoms with Crippen LogP contribution < -0.4 is 15.0 Å². The van der Waals surface area contributed by atoms with E-state index in [9.17, 15) is 19.2 Å². The van der Waals surface area contributed by atoms with Gasteiger partial charge in [-0.25, -0.2) is 14.5 Å². The van der Waals surface area contributed by atoms with Crippen LogP contribution in [0.15, 0.2) is 77.5 Å². The van der Waals surface area contributed by atoms with Crippen LogP contribution in [0.4, 0.5) is 11.4 Å². The molecule has 4 rings (SSSR count). The van der Waals surface area contributed by atoms with E-state index in [-0.39, 0.29) is 28.1 Å². The molecule has 0 unspecified atom stereocenters. The van der Waals surface area contributed by atoms with Crippen molar-refractivity contribution >= 4 is 46.7 Å². The van der Waals surface area contributed by atoms with Crippen LogP contribution in [0, 0.1) is 13.8 Å². The highest BCUT2D eigenvalue weighted by atomic mass is 35.5. The van der Waals surface area contributed by atoms with Crippen molar-refractivity contribution in [3.63, 3.8) is 0 Å². The van der Waals surface area contributed by atoms with Crippen LogP contribution in [0.25, 0.3) is 0 Å². The molecule has 9 heteroatoms. The predicted octanol–water partition coefficient (Wildman–Crippen LogP) is 5.52. The Balaban J connectivity index is 1.45. The Bertz CT molecular complexity index is 1460. The Labute approximate surface area is 224 Å². The molecular weight excluding hydrogens is 508 g/mol. The van der Waals surface area contributed by atoms with Crippen LogP contribution in [-0.4, -0.2) is 29.9 Å². The molecule has 38 heavy (non-hydrogen) atoms. The van der Waals surface area contributed by atoms with Gasteiger partial charge in [0, 0.05) is 5.69 Å². The summed E-state index contributed by atoms with van der Waals surface area (Å²) in [6.07, 6.45) is -0.280. The second kappa shape index (κ2) is 10.9. The largest absolute Gasteiger partial charge is 0.459 e. The van der Waals surface area contributed by atoms with Crippen LogP contribution >= 0.6 is 11.6 Å². The lowest BCUT2D eigenvalue weighted by atomic mass is 10.1. The van der Waals surface area contributed by atoms with E-state index in [1.54, 1.807) is 32.0 Å². The van der Waals surface area contributed by atoms with Gasteiger partial charge in [-0.15, -0.1) is 0 Å². The van der Waals surface area contributed by atoms with Crippen molar-refractivity contribution in [1.29, 1.82) is 0 Å². The molecular formula is C29H25ClN2O6. The highest BCUT2D eigenvalue weighted by Crippen LogP contribution is 2.30. The van der Waals surface area contributed by atoms with Crippen LogP contribution in [0.1, 0.15) is 45.7 Å². The van der Waals surface area contributed by atoms with E-state index in [4.69, 9.17) is 21.1 Å². The number of nitrogens with zero attached hydrogens (tertiary/aromatic N) is 1. The van der Waals surface area contributed by atoms with E-state index in [2.05, 4.69) is 5.32 Å². The second-order valence-corrected chi connectivity index (χ2v) is 9.37. The van der Waals surface area contributed by atoms with Crippen molar-refractivity contribution in [2.75, 3.05) is 10.2 Å². The van der Waals surface area contributed by atoms with E-state index in [0.29, 0.717) is 17.0 Å². The zero-order valence-electron chi connectivity index (χ0n) is 21.2. The fourth-order valence-corrected chi connectivity index (χ4v) is 3.90. The predicted molar refractivity (Wildman–Crippen MR) is 143 cm³/mol. The second-order valence-electron chi connectivity index (χ2n) is 9.00. The van der Waals surface area contributed by atoms with Crippen LogP contribution in [0.2, 0.25) is 0 Å². The minimum atomic E-state index is -0.703. The monoisotopic (exact) mass is 532 g/mol. The van der Waals surface area contributed by atoms with Gasteiger partial charge >= 0.3 is 11.9 Å². The fourth-order valence-electron chi connectivity index (χ4n) is 3.68. The standard InChI is InChI=1S/C29H25ClN2O6/c1-16(2)37-28(35)20-9-13-22(14-10-20)32-26(33)24(30)25(27(32)34)31-21-11-7-19(8-12-21)29(36)38-23-15-17(3)5-6-18(23)4/h5-16,31H,1-4H3. The van der Waals surface area contributed by atoms with Gasteiger partial charge in [-0.1, -0.05) is 23.7 Å². The number of imide groups is 1. The summed E-state index contributed by atoms with van der Waals surface area (Å²) in [5.74, 6) is -1.91. The molecule has 2 amide bonds. The molecule has 1 aliphatic heterocycles. The summed E-state index contributed by atoms with van der Waals surface area (Å²) in [5.41, 5.74) is 2.99. The van der Waals surface area contributed by atoms with Gasteiger partial charge in [0.05, 0.1) is 22.9 Å². The zero-order chi connectivity index (χ0) is 27.6. The normalized spacial score (nSPS) is 13.3. The van der Waals surface area contributed by atoms with E-state index in [1.165, 1.54) is 36.4 Å². The van der Waals surface area contributed by atoms with Gasteiger partial charge in [-0.2, -0.15) is 0 Å². The van der Waals surface area contributed by atoms with Gasteiger partial charge in [-0.05, 0) is 93.4 Å². The first-order chi connectivity index (χ1) is 18.0. The number of carbonyl (C=O) groups excluding carboxylic acids is 4. The number of carbonyl (C=O) groups is 4. The molecule has 0 radical (unpaired) electrons. The molecule has 1 N–H and O–H groups in total.